The highest BCUT2D eigenvalue weighted by Crippen LogP contribution is 2.36. The SMILES string of the molecule is O=C1Cc2c(ccc(OC(=O)O)c2Cl)N1. The van der Waals surface area contributed by atoms with Crippen LogP contribution >= 0.6 is 11.6 Å². The zero-order valence-corrected chi connectivity index (χ0v) is 8.17. The highest BCUT2D eigenvalue weighted by atomic mass is 35.5. The molecule has 0 saturated carbocycles. The lowest BCUT2D eigenvalue weighted by Crippen LogP contribution is -2.04. The number of benzene rings is 1. The summed E-state index contributed by atoms with van der Waals surface area (Å²) in [6, 6.07) is 2.96. The van der Waals surface area contributed by atoms with Crippen LogP contribution in [0.1, 0.15) is 5.56 Å². The fourth-order valence-electron chi connectivity index (χ4n) is 1.42. The van der Waals surface area contributed by atoms with E-state index in [0.29, 0.717) is 11.3 Å². The predicted octanol–water partition coefficient (Wildman–Crippen LogP) is 1.89. The molecule has 1 amide bonds. The second-order valence-electron chi connectivity index (χ2n) is 3.00. The van der Waals surface area contributed by atoms with E-state index in [2.05, 4.69) is 10.1 Å². The zero-order chi connectivity index (χ0) is 11.0. The molecule has 0 atom stereocenters. The van der Waals surface area contributed by atoms with Crippen LogP contribution in [-0.4, -0.2) is 17.2 Å². The maximum atomic E-state index is 11.1. The number of amides is 1. The third kappa shape index (κ3) is 1.73. The predicted molar refractivity (Wildman–Crippen MR) is 52.4 cm³/mol. The summed E-state index contributed by atoms with van der Waals surface area (Å²) < 4.78 is 4.45. The Hall–Kier alpha value is -1.75. The molecule has 1 heterocycles. The number of ether oxygens (including phenoxy) is 1. The molecular formula is C9H6ClNO4. The molecule has 0 aliphatic carbocycles. The van der Waals surface area contributed by atoms with Gasteiger partial charge in [-0.05, 0) is 12.1 Å². The van der Waals surface area contributed by atoms with Crippen LogP contribution in [0.15, 0.2) is 12.1 Å². The molecule has 0 saturated heterocycles. The van der Waals surface area contributed by atoms with Gasteiger partial charge in [0.2, 0.25) is 5.91 Å². The summed E-state index contributed by atoms with van der Waals surface area (Å²) >= 11 is 5.88. The van der Waals surface area contributed by atoms with E-state index in [1.165, 1.54) is 6.07 Å². The van der Waals surface area contributed by atoms with E-state index in [1.807, 2.05) is 0 Å². The molecule has 0 fully saturated rings. The fraction of sp³-hybridized carbons (Fsp3) is 0.111. The molecule has 1 aliphatic rings. The molecule has 5 nitrogen and oxygen atoms in total. The van der Waals surface area contributed by atoms with Crippen LogP contribution in [0.2, 0.25) is 5.02 Å². The van der Waals surface area contributed by atoms with Crippen molar-refractivity contribution in [2.45, 2.75) is 6.42 Å². The quantitative estimate of drug-likeness (QED) is 0.567. The third-order valence-corrected chi connectivity index (χ3v) is 2.43. The standard InChI is InChI=1S/C9H6ClNO4/c10-8-4-3-7(12)11-5(4)1-2-6(8)15-9(13)14/h1-2H,3H2,(H,11,12)(H,13,14). The van der Waals surface area contributed by atoms with Crippen molar-refractivity contribution in [1.82, 2.24) is 0 Å². The first-order chi connectivity index (χ1) is 7.08. The van der Waals surface area contributed by atoms with E-state index in [1.54, 1.807) is 6.07 Å². The highest BCUT2D eigenvalue weighted by Gasteiger charge is 2.23. The molecule has 6 heteroatoms. The Morgan fingerprint density at radius 1 is 1.53 bits per heavy atom. The normalized spacial score (nSPS) is 13.3. The monoisotopic (exact) mass is 227 g/mol. The smallest absolute Gasteiger partial charge is 0.449 e. The summed E-state index contributed by atoms with van der Waals surface area (Å²) in [6.45, 7) is 0. The highest BCUT2D eigenvalue weighted by molar-refractivity contribution is 6.34. The van der Waals surface area contributed by atoms with Gasteiger partial charge >= 0.3 is 6.16 Å². The Labute approximate surface area is 89.6 Å². The lowest BCUT2D eigenvalue weighted by molar-refractivity contribution is -0.115. The van der Waals surface area contributed by atoms with Gasteiger partial charge in [0.05, 0.1) is 11.4 Å². The van der Waals surface area contributed by atoms with Crippen molar-refractivity contribution >= 4 is 29.4 Å². The molecule has 1 aliphatic heterocycles. The molecule has 1 aromatic carbocycles. The third-order valence-electron chi connectivity index (χ3n) is 2.02. The fourth-order valence-corrected chi connectivity index (χ4v) is 1.69. The molecule has 2 N–H and O–H groups in total. The van der Waals surface area contributed by atoms with Gasteiger partial charge in [-0.25, -0.2) is 4.79 Å². The number of carbonyl (C=O) groups excluding carboxylic acids is 1. The topological polar surface area (TPSA) is 75.6 Å². The maximum Gasteiger partial charge on any atom is 0.511 e. The number of fused-ring (bicyclic) bond motifs is 1. The van der Waals surface area contributed by atoms with Crippen molar-refractivity contribution in [1.29, 1.82) is 0 Å². The number of halogens is 1. The molecular weight excluding hydrogens is 222 g/mol. The molecule has 0 aromatic heterocycles. The molecule has 0 spiro atoms. The number of carbonyl (C=O) groups is 2. The van der Waals surface area contributed by atoms with Crippen LogP contribution in [0.5, 0.6) is 5.75 Å². The number of nitrogens with one attached hydrogen (secondary N) is 1. The molecule has 15 heavy (non-hydrogen) atoms. The van der Waals surface area contributed by atoms with E-state index in [9.17, 15) is 9.59 Å². The summed E-state index contributed by atoms with van der Waals surface area (Å²) in [5, 5.41) is 11.2. The van der Waals surface area contributed by atoms with Crippen molar-refractivity contribution in [3.8, 4) is 5.75 Å². The van der Waals surface area contributed by atoms with Gasteiger partial charge in [-0.2, -0.15) is 0 Å². The Morgan fingerprint density at radius 3 is 2.93 bits per heavy atom. The number of hydrogen-bond donors (Lipinski definition) is 2. The first-order valence-electron chi connectivity index (χ1n) is 4.10. The number of hydrogen-bond acceptors (Lipinski definition) is 3. The molecule has 1 aromatic rings. The van der Waals surface area contributed by atoms with Crippen molar-refractivity contribution in [3.05, 3.63) is 22.7 Å². The number of carboxylic acid groups (broad SMARTS) is 1. The van der Waals surface area contributed by atoms with E-state index in [0.717, 1.165) is 0 Å². The van der Waals surface area contributed by atoms with E-state index in [4.69, 9.17) is 16.7 Å². The van der Waals surface area contributed by atoms with Crippen LogP contribution in [-0.2, 0) is 11.2 Å². The van der Waals surface area contributed by atoms with Gasteiger partial charge in [0.1, 0.15) is 0 Å². The molecule has 0 unspecified atom stereocenters. The minimum absolute atomic E-state index is 0.0411. The van der Waals surface area contributed by atoms with Crippen molar-refractivity contribution < 1.29 is 19.4 Å². The average Bonchev–Trinajstić information content (AvgIpc) is 2.51. The Morgan fingerprint density at radius 2 is 2.27 bits per heavy atom. The van der Waals surface area contributed by atoms with Gasteiger partial charge in [-0.3, -0.25) is 4.79 Å². The Bertz CT molecular complexity index is 458. The van der Waals surface area contributed by atoms with Crippen LogP contribution < -0.4 is 10.1 Å². The minimum Gasteiger partial charge on any atom is -0.449 e. The van der Waals surface area contributed by atoms with Gasteiger partial charge in [0, 0.05) is 11.3 Å². The van der Waals surface area contributed by atoms with Crippen molar-refractivity contribution in [3.63, 3.8) is 0 Å². The van der Waals surface area contributed by atoms with Gasteiger partial charge in [-0.1, -0.05) is 11.6 Å². The molecule has 78 valence electrons. The molecule has 2 rings (SSSR count). The van der Waals surface area contributed by atoms with E-state index in [-0.39, 0.29) is 23.1 Å². The summed E-state index contributed by atoms with van der Waals surface area (Å²) in [7, 11) is 0. The second-order valence-corrected chi connectivity index (χ2v) is 3.37. The first-order valence-corrected chi connectivity index (χ1v) is 4.47. The van der Waals surface area contributed by atoms with Crippen LogP contribution in [0.3, 0.4) is 0 Å². The van der Waals surface area contributed by atoms with Gasteiger partial charge in [0.25, 0.3) is 0 Å². The number of rotatable bonds is 1. The van der Waals surface area contributed by atoms with Crippen molar-refractivity contribution in [2.24, 2.45) is 0 Å². The second kappa shape index (κ2) is 3.43. The van der Waals surface area contributed by atoms with Crippen LogP contribution in [0.4, 0.5) is 10.5 Å². The van der Waals surface area contributed by atoms with Gasteiger partial charge in [-0.15, -0.1) is 0 Å². The summed E-state index contributed by atoms with van der Waals surface area (Å²) in [4.78, 5) is 21.4. The maximum absolute atomic E-state index is 11.1. The molecule has 0 radical (unpaired) electrons. The average molecular weight is 228 g/mol. The van der Waals surface area contributed by atoms with Gasteiger partial charge in [0.15, 0.2) is 5.75 Å². The van der Waals surface area contributed by atoms with Gasteiger partial charge < -0.3 is 15.2 Å². The lowest BCUT2D eigenvalue weighted by Gasteiger charge is -2.06. The zero-order valence-electron chi connectivity index (χ0n) is 7.41. The molecule has 0 bridgehead atoms. The Kier molecular flexibility index (Phi) is 2.24. The lowest BCUT2D eigenvalue weighted by atomic mass is 10.1. The largest absolute Gasteiger partial charge is 0.511 e. The number of anilines is 1. The van der Waals surface area contributed by atoms with E-state index < -0.39 is 6.16 Å². The Balaban J connectivity index is 2.42. The van der Waals surface area contributed by atoms with Crippen LogP contribution in [0.25, 0.3) is 0 Å². The first kappa shape index (κ1) is 9.79. The summed E-state index contributed by atoms with van der Waals surface area (Å²) in [5.41, 5.74) is 1.17. The van der Waals surface area contributed by atoms with Crippen LogP contribution in [0, 0.1) is 0 Å². The van der Waals surface area contributed by atoms with E-state index >= 15 is 0 Å². The summed E-state index contributed by atoms with van der Waals surface area (Å²) in [5.74, 6) is -0.126. The summed E-state index contributed by atoms with van der Waals surface area (Å²) in [6.07, 6.45) is -1.29. The van der Waals surface area contributed by atoms with Crippen molar-refractivity contribution in [2.75, 3.05) is 5.32 Å². The minimum atomic E-state index is -1.44.